The molecule has 41 heavy (non-hydrogen) atoms. The first kappa shape index (κ1) is 28.0. The zero-order chi connectivity index (χ0) is 28.8. The van der Waals surface area contributed by atoms with Crippen molar-refractivity contribution in [1.29, 1.82) is 0 Å². The maximum absolute atomic E-state index is 13.5. The molecule has 10 heteroatoms. The normalized spacial score (nSPS) is 12.1. The lowest BCUT2D eigenvalue weighted by molar-refractivity contribution is 0.156. The maximum atomic E-state index is 13.5. The summed E-state index contributed by atoms with van der Waals surface area (Å²) in [5.41, 5.74) is 3.09. The van der Waals surface area contributed by atoms with Gasteiger partial charge in [0.15, 0.2) is 17.3 Å². The topological polar surface area (TPSA) is 98.2 Å². The van der Waals surface area contributed by atoms with Crippen LogP contribution in [0.4, 0.5) is 4.39 Å². The molecule has 0 unspecified atom stereocenters. The van der Waals surface area contributed by atoms with Crippen molar-refractivity contribution in [1.82, 2.24) is 30.1 Å². The second kappa shape index (κ2) is 12.7. The molecule has 0 aliphatic carbocycles. The number of nitrogens with one attached hydrogen (secondary N) is 1. The maximum Gasteiger partial charge on any atom is 0.252 e. The van der Waals surface area contributed by atoms with Gasteiger partial charge in [0, 0.05) is 30.1 Å². The van der Waals surface area contributed by atoms with Gasteiger partial charge in [-0.05, 0) is 52.2 Å². The third kappa shape index (κ3) is 6.44. The number of aromatic amines is 1. The Morgan fingerprint density at radius 3 is 2.39 bits per heavy atom. The summed E-state index contributed by atoms with van der Waals surface area (Å²) in [5.74, 6) is 1.53. The van der Waals surface area contributed by atoms with Gasteiger partial charge in [0.25, 0.3) is 5.56 Å². The predicted molar refractivity (Wildman–Crippen MR) is 154 cm³/mol. The number of hydrogen-bond donors (Lipinski definition) is 1. The number of H-pyrrole nitrogens is 1. The summed E-state index contributed by atoms with van der Waals surface area (Å²) in [6.45, 7) is 3.46. The third-order valence-corrected chi connectivity index (χ3v) is 7.13. The summed E-state index contributed by atoms with van der Waals surface area (Å²) in [5, 5.41) is 13.5. The standard InChI is InChI=1S/C31H33FN6O3/c1-4-8-27(30-34-35-36-38(30)19-22-11-13-25(32)14-12-22)37(18-21-9-6-5-7-10-21)20-24-15-23-16-28(40-2)29(41-3)17-26(23)33-31(24)39/h5-7,9-17,27H,4,8,18-20H2,1-3H3,(H,33,39)/t27-/m0/s1. The van der Waals surface area contributed by atoms with Crippen LogP contribution in [0.2, 0.25) is 0 Å². The van der Waals surface area contributed by atoms with Crippen molar-refractivity contribution >= 4 is 10.9 Å². The fraction of sp³-hybridized carbons (Fsp3) is 0.290. The Bertz CT molecular complexity index is 1650. The Morgan fingerprint density at radius 1 is 0.951 bits per heavy atom. The Labute approximate surface area is 237 Å². The van der Waals surface area contributed by atoms with Gasteiger partial charge in [0.1, 0.15) is 5.82 Å². The highest BCUT2D eigenvalue weighted by Gasteiger charge is 2.27. The molecular formula is C31H33FN6O3. The van der Waals surface area contributed by atoms with Gasteiger partial charge in [-0.15, -0.1) is 5.10 Å². The summed E-state index contributed by atoms with van der Waals surface area (Å²) in [4.78, 5) is 18.6. The minimum atomic E-state index is -0.291. The SMILES string of the molecule is CCC[C@@H](c1nnnn1Cc1ccc(F)cc1)N(Cc1ccccc1)Cc1cc2cc(OC)c(OC)cc2[nH]c1=O. The van der Waals surface area contributed by atoms with Gasteiger partial charge >= 0.3 is 0 Å². The highest BCUT2D eigenvalue weighted by atomic mass is 19.1. The number of methoxy groups -OCH3 is 2. The van der Waals surface area contributed by atoms with Crippen molar-refractivity contribution in [3.63, 3.8) is 0 Å². The monoisotopic (exact) mass is 556 g/mol. The molecule has 0 bridgehead atoms. The van der Waals surface area contributed by atoms with Crippen LogP contribution in [0.15, 0.2) is 77.6 Å². The van der Waals surface area contributed by atoms with Crippen LogP contribution in [-0.4, -0.2) is 44.3 Å². The van der Waals surface area contributed by atoms with Crippen molar-refractivity contribution < 1.29 is 13.9 Å². The molecule has 5 aromatic rings. The molecule has 0 amide bonds. The van der Waals surface area contributed by atoms with E-state index in [9.17, 15) is 9.18 Å². The molecule has 1 atom stereocenters. The molecule has 0 saturated carbocycles. The smallest absolute Gasteiger partial charge is 0.252 e. The van der Waals surface area contributed by atoms with E-state index in [0.717, 1.165) is 29.4 Å². The Kier molecular flexibility index (Phi) is 8.69. The average molecular weight is 557 g/mol. The fourth-order valence-corrected chi connectivity index (χ4v) is 5.08. The molecule has 5 rings (SSSR count). The second-order valence-corrected chi connectivity index (χ2v) is 9.93. The molecule has 0 fully saturated rings. The lowest BCUT2D eigenvalue weighted by Gasteiger charge is -2.31. The fourth-order valence-electron chi connectivity index (χ4n) is 5.08. The molecule has 2 heterocycles. The summed E-state index contributed by atoms with van der Waals surface area (Å²) in [6.07, 6.45) is 1.65. The number of hydrogen-bond acceptors (Lipinski definition) is 7. The van der Waals surface area contributed by atoms with Crippen LogP contribution in [0.1, 0.15) is 48.3 Å². The first-order valence-electron chi connectivity index (χ1n) is 13.6. The number of nitrogens with zero attached hydrogens (tertiary/aromatic N) is 5. The van der Waals surface area contributed by atoms with E-state index >= 15 is 0 Å². The van der Waals surface area contributed by atoms with E-state index in [0.29, 0.717) is 48.0 Å². The molecule has 2 aromatic heterocycles. The molecule has 9 nitrogen and oxygen atoms in total. The summed E-state index contributed by atoms with van der Waals surface area (Å²) >= 11 is 0. The molecule has 0 saturated heterocycles. The molecule has 0 aliphatic heterocycles. The summed E-state index contributed by atoms with van der Waals surface area (Å²) in [6, 6.07) is 21.8. The molecule has 212 valence electrons. The van der Waals surface area contributed by atoms with Crippen molar-refractivity contribution in [2.45, 2.75) is 45.4 Å². The van der Waals surface area contributed by atoms with E-state index in [1.807, 2.05) is 30.3 Å². The zero-order valence-corrected chi connectivity index (χ0v) is 23.4. The van der Waals surface area contributed by atoms with Gasteiger partial charge < -0.3 is 14.5 Å². The van der Waals surface area contributed by atoms with Crippen LogP contribution in [0.5, 0.6) is 11.5 Å². The molecule has 0 aliphatic rings. The van der Waals surface area contributed by atoms with Gasteiger partial charge in [-0.25, -0.2) is 9.07 Å². The first-order valence-corrected chi connectivity index (χ1v) is 13.6. The molecular weight excluding hydrogens is 523 g/mol. The van der Waals surface area contributed by atoms with E-state index < -0.39 is 0 Å². The van der Waals surface area contributed by atoms with Crippen molar-refractivity contribution in [3.8, 4) is 11.5 Å². The highest BCUT2D eigenvalue weighted by Crippen LogP contribution is 2.32. The van der Waals surface area contributed by atoms with Crippen LogP contribution < -0.4 is 15.0 Å². The van der Waals surface area contributed by atoms with Crippen molar-refractivity contribution in [2.24, 2.45) is 0 Å². The minimum Gasteiger partial charge on any atom is -0.493 e. The van der Waals surface area contributed by atoms with E-state index in [1.165, 1.54) is 12.1 Å². The lowest BCUT2D eigenvalue weighted by atomic mass is 10.0. The number of benzene rings is 3. The van der Waals surface area contributed by atoms with E-state index in [4.69, 9.17) is 9.47 Å². The highest BCUT2D eigenvalue weighted by molar-refractivity contribution is 5.83. The quantitative estimate of drug-likeness (QED) is 0.224. The minimum absolute atomic E-state index is 0.177. The average Bonchev–Trinajstić information content (AvgIpc) is 3.44. The summed E-state index contributed by atoms with van der Waals surface area (Å²) < 4.78 is 26.2. The van der Waals surface area contributed by atoms with Crippen LogP contribution >= 0.6 is 0 Å². The number of tetrazole rings is 1. The number of aromatic nitrogens is 5. The second-order valence-electron chi connectivity index (χ2n) is 9.93. The Morgan fingerprint density at radius 2 is 1.68 bits per heavy atom. The Balaban J connectivity index is 1.54. The van der Waals surface area contributed by atoms with Crippen LogP contribution in [0.3, 0.4) is 0 Å². The van der Waals surface area contributed by atoms with E-state index in [1.54, 1.807) is 37.1 Å². The van der Waals surface area contributed by atoms with Gasteiger partial charge in [-0.2, -0.15) is 0 Å². The van der Waals surface area contributed by atoms with E-state index in [2.05, 4.69) is 44.5 Å². The van der Waals surface area contributed by atoms with Gasteiger partial charge in [-0.3, -0.25) is 9.69 Å². The van der Waals surface area contributed by atoms with Crippen LogP contribution in [0, 0.1) is 5.82 Å². The number of rotatable bonds is 12. The van der Waals surface area contributed by atoms with Crippen molar-refractivity contribution in [3.05, 3.63) is 111 Å². The molecule has 0 radical (unpaired) electrons. The number of halogens is 1. The molecule has 0 spiro atoms. The molecule has 1 N–H and O–H groups in total. The first-order chi connectivity index (χ1) is 20.0. The number of pyridine rings is 1. The predicted octanol–water partition coefficient (Wildman–Crippen LogP) is 5.26. The van der Waals surface area contributed by atoms with Crippen molar-refractivity contribution in [2.75, 3.05) is 14.2 Å². The van der Waals surface area contributed by atoms with Gasteiger partial charge in [0.05, 0.1) is 32.3 Å². The molecule has 3 aromatic carbocycles. The van der Waals surface area contributed by atoms with Gasteiger partial charge in [-0.1, -0.05) is 55.8 Å². The number of ether oxygens (including phenoxy) is 2. The number of fused-ring (bicyclic) bond motifs is 1. The van der Waals surface area contributed by atoms with Crippen LogP contribution in [-0.2, 0) is 19.6 Å². The van der Waals surface area contributed by atoms with Crippen LogP contribution in [0.25, 0.3) is 10.9 Å². The lowest BCUT2D eigenvalue weighted by Crippen LogP contribution is -2.32. The summed E-state index contributed by atoms with van der Waals surface area (Å²) in [7, 11) is 3.15. The zero-order valence-electron chi connectivity index (χ0n) is 23.4. The van der Waals surface area contributed by atoms with Gasteiger partial charge in [0.2, 0.25) is 0 Å². The third-order valence-electron chi connectivity index (χ3n) is 7.13. The largest absolute Gasteiger partial charge is 0.493 e. The van der Waals surface area contributed by atoms with E-state index in [-0.39, 0.29) is 17.4 Å². The Hall–Kier alpha value is -4.57.